The molecule has 0 spiro atoms. The number of aryl methyl sites for hydroxylation is 1. The lowest BCUT2D eigenvalue weighted by atomic mass is 10.1. The third-order valence-electron chi connectivity index (χ3n) is 4.86. The summed E-state index contributed by atoms with van der Waals surface area (Å²) in [6.45, 7) is 8.11. The summed E-state index contributed by atoms with van der Waals surface area (Å²) in [4.78, 5) is 19.1. The molecule has 0 bridgehead atoms. The van der Waals surface area contributed by atoms with Gasteiger partial charge in [0.2, 0.25) is 0 Å². The minimum Gasteiger partial charge on any atom is -0.372 e. The first-order valence-electron chi connectivity index (χ1n) is 9.94. The Labute approximate surface area is 177 Å². The fourth-order valence-corrected chi connectivity index (χ4v) is 3.20. The molecule has 0 aliphatic heterocycles. The summed E-state index contributed by atoms with van der Waals surface area (Å²) in [7, 11) is 0. The van der Waals surface area contributed by atoms with Crippen LogP contribution < -0.4 is 15.5 Å². The van der Waals surface area contributed by atoms with Gasteiger partial charge in [0.1, 0.15) is 5.69 Å². The van der Waals surface area contributed by atoms with E-state index in [2.05, 4.69) is 46.5 Å². The van der Waals surface area contributed by atoms with Crippen LogP contribution in [0.15, 0.2) is 60.8 Å². The van der Waals surface area contributed by atoms with Gasteiger partial charge in [-0.05, 0) is 74.9 Å². The van der Waals surface area contributed by atoms with Gasteiger partial charge in [-0.15, -0.1) is 0 Å². The van der Waals surface area contributed by atoms with Crippen molar-refractivity contribution in [2.75, 3.05) is 28.6 Å². The number of amides is 1. The number of carbonyl (C=O) groups is 1. The zero-order valence-corrected chi connectivity index (χ0v) is 17.4. The molecular weight excluding hydrogens is 374 g/mol. The van der Waals surface area contributed by atoms with Crippen molar-refractivity contribution in [3.8, 4) is 6.07 Å². The average molecular weight is 399 g/mol. The van der Waals surface area contributed by atoms with Gasteiger partial charge in [0, 0.05) is 30.2 Å². The normalized spacial score (nSPS) is 10.2. The van der Waals surface area contributed by atoms with Crippen molar-refractivity contribution >= 4 is 28.7 Å². The maximum atomic E-state index is 12.6. The van der Waals surface area contributed by atoms with Gasteiger partial charge < -0.3 is 15.5 Å². The van der Waals surface area contributed by atoms with Gasteiger partial charge >= 0.3 is 0 Å². The Bertz CT molecular complexity index is 1070. The van der Waals surface area contributed by atoms with Gasteiger partial charge in [0.25, 0.3) is 5.91 Å². The van der Waals surface area contributed by atoms with E-state index in [0.717, 1.165) is 41.4 Å². The van der Waals surface area contributed by atoms with Crippen molar-refractivity contribution in [1.29, 1.82) is 5.26 Å². The second kappa shape index (κ2) is 9.57. The number of carbonyl (C=O) groups excluding carboxylic acids is 1. The number of aromatic nitrogens is 1. The molecule has 0 atom stereocenters. The molecule has 0 saturated heterocycles. The Balaban J connectivity index is 1.68. The lowest BCUT2D eigenvalue weighted by Gasteiger charge is -2.22. The predicted octanol–water partition coefficient (Wildman–Crippen LogP) is 5.10. The van der Waals surface area contributed by atoms with Crippen molar-refractivity contribution in [2.45, 2.75) is 20.8 Å². The van der Waals surface area contributed by atoms with Crippen LogP contribution in [0, 0.1) is 18.3 Å². The smallest absolute Gasteiger partial charge is 0.274 e. The van der Waals surface area contributed by atoms with Crippen LogP contribution in [-0.2, 0) is 0 Å². The van der Waals surface area contributed by atoms with Gasteiger partial charge in [-0.2, -0.15) is 5.26 Å². The van der Waals surface area contributed by atoms with E-state index in [1.165, 1.54) is 0 Å². The minimum atomic E-state index is -0.258. The Morgan fingerprint density at radius 3 is 2.50 bits per heavy atom. The Morgan fingerprint density at radius 2 is 1.87 bits per heavy atom. The van der Waals surface area contributed by atoms with Crippen molar-refractivity contribution in [3.05, 3.63) is 77.6 Å². The van der Waals surface area contributed by atoms with Gasteiger partial charge in [-0.3, -0.25) is 4.79 Å². The summed E-state index contributed by atoms with van der Waals surface area (Å²) in [6, 6.07) is 18.8. The highest BCUT2D eigenvalue weighted by molar-refractivity contribution is 6.03. The van der Waals surface area contributed by atoms with E-state index in [4.69, 9.17) is 5.26 Å². The van der Waals surface area contributed by atoms with Crippen molar-refractivity contribution in [3.63, 3.8) is 0 Å². The monoisotopic (exact) mass is 399 g/mol. The third kappa shape index (κ3) is 4.95. The van der Waals surface area contributed by atoms with Crippen LogP contribution in [0.1, 0.15) is 35.5 Å². The lowest BCUT2D eigenvalue weighted by molar-refractivity contribution is 0.102. The highest BCUT2D eigenvalue weighted by Crippen LogP contribution is 2.23. The zero-order valence-electron chi connectivity index (χ0n) is 17.4. The average Bonchev–Trinajstić information content (AvgIpc) is 2.77. The SMILES string of the molecule is CCN(CC)c1ccc(NC(=O)c2ccc(Nc3cccc(C#N)c3)cn2)c(C)c1. The van der Waals surface area contributed by atoms with E-state index in [-0.39, 0.29) is 5.91 Å². The Kier molecular flexibility index (Phi) is 6.66. The summed E-state index contributed by atoms with van der Waals surface area (Å²) in [5.41, 5.74) is 5.35. The first-order valence-corrected chi connectivity index (χ1v) is 9.94. The molecule has 0 saturated carbocycles. The van der Waals surface area contributed by atoms with Crippen LogP contribution in [0.5, 0.6) is 0 Å². The number of pyridine rings is 1. The summed E-state index contributed by atoms with van der Waals surface area (Å²) in [6.07, 6.45) is 1.60. The summed E-state index contributed by atoms with van der Waals surface area (Å²) in [5.74, 6) is -0.258. The van der Waals surface area contributed by atoms with E-state index in [1.54, 1.807) is 30.5 Å². The Morgan fingerprint density at radius 1 is 1.07 bits per heavy atom. The molecule has 0 aliphatic carbocycles. The molecule has 1 amide bonds. The standard InChI is InChI=1S/C24H25N5O/c1-4-29(5-2)21-10-12-22(17(3)13-21)28-24(30)23-11-9-20(16-26-23)27-19-8-6-7-18(14-19)15-25/h6-14,16,27H,4-5H2,1-3H3,(H,28,30). The van der Waals surface area contributed by atoms with Crippen LogP contribution in [0.3, 0.4) is 0 Å². The molecule has 2 N–H and O–H groups in total. The molecule has 0 unspecified atom stereocenters. The molecule has 1 heterocycles. The maximum Gasteiger partial charge on any atom is 0.274 e. The number of rotatable bonds is 7. The summed E-state index contributed by atoms with van der Waals surface area (Å²) in [5, 5.41) is 15.1. The minimum absolute atomic E-state index is 0.258. The number of hydrogen-bond acceptors (Lipinski definition) is 5. The van der Waals surface area contributed by atoms with Crippen LogP contribution >= 0.6 is 0 Å². The number of hydrogen-bond donors (Lipinski definition) is 2. The number of nitriles is 1. The molecule has 0 radical (unpaired) electrons. The zero-order chi connectivity index (χ0) is 21.5. The summed E-state index contributed by atoms with van der Waals surface area (Å²) >= 11 is 0. The van der Waals surface area contributed by atoms with Gasteiger partial charge in [-0.25, -0.2) is 4.98 Å². The molecule has 3 rings (SSSR count). The van der Waals surface area contributed by atoms with E-state index in [9.17, 15) is 4.79 Å². The van der Waals surface area contributed by atoms with Crippen LogP contribution in [-0.4, -0.2) is 24.0 Å². The van der Waals surface area contributed by atoms with E-state index >= 15 is 0 Å². The van der Waals surface area contributed by atoms with Crippen LogP contribution in [0.25, 0.3) is 0 Å². The molecule has 2 aromatic carbocycles. The van der Waals surface area contributed by atoms with E-state index in [1.807, 2.05) is 31.2 Å². The topological polar surface area (TPSA) is 81.0 Å². The van der Waals surface area contributed by atoms with E-state index < -0.39 is 0 Å². The lowest BCUT2D eigenvalue weighted by Crippen LogP contribution is -2.22. The molecule has 3 aromatic rings. The predicted molar refractivity (Wildman–Crippen MR) is 121 cm³/mol. The molecule has 0 aliphatic rings. The van der Waals surface area contributed by atoms with Gasteiger partial charge in [0.15, 0.2) is 0 Å². The molecule has 6 heteroatoms. The van der Waals surface area contributed by atoms with Gasteiger partial charge in [0.05, 0.1) is 23.5 Å². The molecular formula is C24H25N5O. The molecule has 6 nitrogen and oxygen atoms in total. The fraction of sp³-hybridized carbons (Fsp3) is 0.208. The van der Waals surface area contributed by atoms with E-state index in [0.29, 0.717) is 11.3 Å². The third-order valence-corrected chi connectivity index (χ3v) is 4.86. The quantitative estimate of drug-likeness (QED) is 0.577. The number of benzene rings is 2. The molecule has 1 aromatic heterocycles. The first kappa shape index (κ1) is 20.9. The second-order valence-corrected chi connectivity index (χ2v) is 6.88. The highest BCUT2D eigenvalue weighted by Gasteiger charge is 2.11. The molecule has 30 heavy (non-hydrogen) atoms. The first-order chi connectivity index (χ1) is 14.5. The fourth-order valence-electron chi connectivity index (χ4n) is 3.20. The van der Waals surface area contributed by atoms with Crippen molar-refractivity contribution < 1.29 is 4.79 Å². The molecule has 152 valence electrons. The maximum absolute atomic E-state index is 12.6. The summed E-state index contributed by atoms with van der Waals surface area (Å²) < 4.78 is 0. The Hall–Kier alpha value is -3.85. The van der Waals surface area contributed by atoms with Gasteiger partial charge in [-0.1, -0.05) is 6.07 Å². The highest BCUT2D eigenvalue weighted by atomic mass is 16.1. The number of nitrogens with one attached hydrogen (secondary N) is 2. The van der Waals surface area contributed by atoms with Crippen molar-refractivity contribution in [1.82, 2.24) is 4.98 Å². The second-order valence-electron chi connectivity index (χ2n) is 6.88. The largest absolute Gasteiger partial charge is 0.372 e. The number of nitrogens with zero attached hydrogens (tertiary/aromatic N) is 3. The van der Waals surface area contributed by atoms with Crippen molar-refractivity contribution in [2.24, 2.45) is 0 Å². The molecule has 0 fully saturated rings. The van der Waals surface area contributed by atoms with Crippen LogP contribution in [0.4, 0.5) is 22.7 Å². The van der Waals surface area contributed by atoms with Crippen LogP contribution in [0.2, 0.25) is 0 Å². The number of anilines is 4.